The van der Waals surface area contributed by atoms with Crippen LogP contribution in [-0.4, -0.2) is 27.5 Å². The Hall–Kier alpha value is -1.07. The molecule has 0 radical (unpaired) electrons. The first kappa shape index (κ1) is 16.3. The Labute approximate surface area is 132 Å². The molecule has 0 bridgehead atoms. The van der Waals surface area contributed by atoms with Crippen molar-refractivity contribution in [2.45, 2.75) is 66.1 Å². The quantitative estimate of drug-likeness (QED) is 0.878. The van der Waals surface area contributed by atoms with Crippen LogP contribution in [0.2, 0.25) is 0 Å². The van der Waals surface area contributed by atoms with Crippen LogP contribution in [0.3, 0.4) is 0 Å². The van der Waals surface area contributed by atoms with Crippen molar-refractivity contribution in [3.8, 4) is 0 Å². The van der Waals surface area contributed by atoms with Crippen molar-refractivity contribution in [3.05, 3.63) is 17.3 Å². The monoisotopic (exact) mass is 308 g/mol. The molecule has 0 aliphatic heterocycles. The van der Waals surface area contributed by atoms with Crippen molar-refractivity contribution in [1.29, 1.82) is 0 Å². The fourth-order valence-electron chi connectivity index (χ4n) is 2.41. The smallest absolute Gasteiger partial charge is 0.195 e. The van der Waals surface area contributed by atoms with Gasteiger partial charge in [0, 0.05) is 36.2 Å². The zero-order chi connectivity index (χ0) is 15.6. The van der Waals surface area contributed by atoms with Gasteiger partial charge in [-0.15, -0.1) is 11.3 Å². The fraction of sp³-hybridized carbons (Fsp3) is 0.688. The molecule has 0 aliphatic rings. The van der Waals surface area contributed by atoms with Gasteiger partial charge < -0.3 is 10.2 Å². The molecule has 2 rings (SSSR count). The standard InChI is InChI=1S/C16H28N4S/c1-7-8-19(12(2)3)14-13(11-17-16(4,5)6)20-9-10-21-15(20)18-14/h9-10,12,17H,7-8,11H2,1-6H3. The van der Waals surface area contributed by atoms with Crippen LogP contribution >= 0.6 is 11.3 Å². The van der Waals surface area contributed by atoms with Gasteiger partial charge in [0.05, 0.1) is 5.69 Å². The molecule has 4 nitrogen and oxygen atoms in total. The van der Waals surface area contributed by atoms with Crippen LogP contribution in [-0.2, 0) is 6.54 Å². The van der Waals surface area contributed by atoms with Crippen molar-refractivity contribution < 1.29 is 0 Å². The third-order valence-corrected chi connectivity index (χ3v) is 4.24. The second kappa shape index (κ2) is 6.36. The molecule has 0 aromatic carbocycles. The first-order chi connectivity index (χ1) is 9.83. The summed E-state index contributed by atoms with van der Waals surface area (Å²) in [7, 11) is 0. The van der Waals surface area contributed by atoms with E-state index in [-0.39, 0.29) is 5.54 Å². The van der Waals surface area contributed by atoms with Crippen LogP contribution < -0.4 is 10.2 Å². The third kappa shape index (κ3) is 3.77. The lowest BCUT2D eigenvalue weighted by atomic mass is 10.1. The van der Waals surface area contributed by atoms with E-state index in [1.54, 1.807) is 11.3 Å². The lowest BCUT2D eigenvalue weighted by molar-refractivity contribution is 0.420. The minimum absolute atomic E-state index is 0.102. The molecule has 0 atom stereocenters. The lowest BCUT2D eigenvalue weighted by Crippen LogP contribution is -2.37. The first-order valence-electron chi connectivity index (χ1n) is 7.79. The summed E-state index contributed by atoms with van der Waals surface area (Å²) in [6, 6.07) is 0.461. The molecule has 118 valence electrons. The highest BCUT2D eigenvalue weighted by molar-refractivity contribution is 7.15. The van der Waals surface area contributed by atoms with Crippen LogP contribution in [0.1, 0.15) is 53.7 Å². The molecule has 0 spiro atoms. The van der Waals surface area contributed by atoms with E-state index in [1.807, 2.05) is 0 Å². The van der Waals surface area contributed by atoms with Gasteiger partial charge in [-0.3, -0.25) is 4.40 Å². The highest BCUT2D eigenvalue weighted by Gasteiger charge is 2.21. The molecule has 1 N–H and O–H groups in total. The zero-order valence-corrected chi connectivity index (χ0v) is 14.9. The minimum Gasteiger partial charge on any atom is -0.353 e. The van der Waals surface area contributed by atoms with E-state index in [1.165, 1.54) is 5.69 Å². The maximum absolute atomic E-state index is 4.88. The first-order valence-corrected chi connectivity index (χ1v) is 8.67. The molecule has 2 heterocycles. The number of thiazole rings is 1. The predicted octanol–water partition coefficient (Wildman–Crippen LogP) is 3.91. The molecule has 0 aliphatic carbocycles. The summed E-state index contributed by atoms with van der Waals surface area (Å²) in [6.07, 6.45) is 3.26. The second-order valence-corrected chi connectivity index (χ2v) is 7.70. The van der Waals surface area contributed by atoms with E-state index in [0.717, 1.165) is 30.3 Å². The minimum atomic E-state index is 0.102. The Bertz CT molecular complexity index is 577. The summed E-state index contributed by atoms with van der Waals surface area (Å²) in [4.78, 5) is 8.38. The summed E-state index contributed by atoms with van der Waals surface area (Å²) in [6.45, 7) is 15.2. The number of nitrogens with one attached hydrogen (secondary N) is 1. The van der Waals surface area contributed by atoms with E-state index >= 15 is 0 Å². The Balaban J connectivity index is 2.39. The summed E-state index contributed by atoms with van der Waals surface area (Å²) < 4.78 is 2.23. The van der Waals surface area contributed by atoms with Crippen molar-refractivity contribution >= 4 is 22.1 Å². The van der Waals surface area contributed by atoms with Crippen molar-refractivity contribution in [3.63, 3.8) is 0 Å². The summed E-state index contributed by atoms with van der Waals surface area (Å²) >= 11 is 1.70. The van der Waals surface area contributed by atoms with Gasteiger partial charge in [0.2, 0.25) is 0 Å². The maximum Gasteiger partial charge on any atom is 0.195 e. The molecule has 0 saturated carbocycles. The van der Waals surface area contributed by atoms with E-state index in [9.17, 15) is 0 Å². The van der Waals surface area contributed by atoms with Crippen LogP contribution in [0.15, 0.2) is 11.6 Å². The highest BCUT2D eigenvalue weighted by Crippen LogP contribution is 2.26. The number of fused-ring (bicyclic) bond motifs is 1. The molecule has 21 heavy (non-hydrogen) atoms. The molecule has 2 aromatic heterocycles. The maximum atomic E-state index is 4.88. The van der Waals surface area contributed by atoms with Crippen LogP contribution in [0, 0.1) is 0 Å². The largest absolute Gasteiger partial charge is 0.353 e. The number of imidazole rings is 1. The normalized spacial score (nSPS) is 12.5. The third-order valence-electron chi connectivity index (χ3n) is 3.49. The molecule has 0 unspecified atom stereocenters. The van der Waals surface area contributed by atoms with E-state index in [4.69, 9.17) is 4.98 Å². The highest BCUT2D eigenvalue weighted by atomic mass is 32.1. The average molecular weight is 308 g/mol. The molecule has 0 saturated heterocycles. The van der Waals surface area contributed by atoms with E-state index in [0.29, 0.717) is 6.04 Å². The van der Waals surface area contributed by atoms with Crippen LogP contribution in [0.25, 0.3) is 4.96 Å². The van der Waals surface area contributed by atoms with Gasteiger partial charge in [0.15, 0.2) is 10.8 Å². The number of anilines is 1. The number of hydrogen-bond donors (Lipinski definition) is 1. The van der Waals surface area contributed by atoms with Crippen molar-refractivity contribution in [2.24, 2.45) is 0 Å². The summed E-state index contributed by atoms with van der Waals surface area (Å²) in [5.74, 6) is 1.13. The van der Waals surface area contributed by atoms with E-state index < -0.39 is 0 Å². The second-order valence-electron chi connectivity index (χ2n) is 6.83. The van der Waals surface area contributed by atoms with Gasteiger partial charge in [-0.1, -0.05) is 6.92 Å². The van der Waals surface area contributed by atoms with Gasteiger partial charge in [0.25, 0.3) is 0 Å². The van der Waals surface area contributed by atoms with Crippen LogP contribution in [0.5, 0.6) is 0 Å². The number of hydrogen-bond acceptors (Lipinski definition) is 4. The number of rotatable bonds is 6. The molecular formula is C16H28N4S. The zero-order valence-electron chi connectivity index (χ0n) is 14.1. The van der Waals surface area contributed by atoms with Crippen molar-refractivity contribution in [1.82, 2.24) is 14.7 Å². The molecule has 2 aromatic rings. The van der Waals surface area contributed by atoms with Gasteiger partial charge in [-0.05, 0) is 41.0 Å². The SMILES string of the molecule is CCCN(c1nc2sccn2c1CNC(C)(C)C)C(C)C. The predicted molar refractivity (Wildman–Crippen MR) is 92.4 cm³/mol. The molecular weight excluding hydrogens is 280 g/mol. The lowest BCUT2D eigenvalue weighted by Gasteiger charge is -2.28. The number of nitrogens with zero attached hydrogens (tertiary/aromatic N) is 3. The fourth-order valence-corrected chi connectivity index (χ4v) is 3.14. The Morgan fingerprint density at radius 3 is 2.67 bits per heavy atom. The summed E-state index contributed by atoms with van der Waals surface area (Å²) in [5, 5.41) is 5.70. The van der Waals surface area contributed by atoms with Gasteiger partial charge >= 0.3 is 0 Å². The Kier molecular flexibility index (Phi) is 4.94. The Morgan fingerprint density at radius 2 is 2.10 bits per heavy atom. The van der Waals surface area contributed by atoms with Gasteiger partial charge in [-0.2, -0.15) is 0 Å². The van der Waals surface area contributed by atoms with Crippen LogP contribution in [0.4, 0.5) is 5.82 Å². The van der Waals surface area contributed by atoms with Gasteiger partial charge in [0.1, 0.15) is 0 Å². The molecule has 0 amide bonds. The average Bonchev–Trinajstić information content (AvgIpc) is 2.92. The topological polar surface area (TPSA) is 32.6 Å². The Morgan fingerprint density at radius 1 is 1.38 bits per heavy atom. The molecule has 0 fully saturated rings. The molecule has 5 heteroatoms. The van der Waals surface area contributed by atoms with Crippen molar-refractivity contribution in [2.75, 3.05) is 11.4 Å². The summed E-state index contributed by atoms with van der Waals surface area (Å²) in [5.41, 5.74) is 1.37. The number of aromatic nitrogens is 2. The van der Waals surface area contributed by atoms with E-state index in [2.05, 4.69) is 67.7 Å². The van der Waals surface area contributed by atoms with Gasteiger partial charge in [-0.25, -0.2) is 4.98 Å².